The number of hydrogen-bond donors (Lipinski definition) is 0. The van der Waals surface area contributed by atoms with Gasteiger partial charge in [-0.2, -0.15) is 0 Å². The average Bonchev–Trinajstić information content (AvgIpc) is 3.76. The van der Waals surface area contributed by atoms with Crippen molar-refractivity contribution in [1.82, 2.24) is 9.80 Å². The second-order valence-corrected chi connectivity index (χ2v) is 20.2. The number of ether oxygens (including phenoxy) is 7. The molecule has 0 radical (unpaired) electrons. The van der Waals surface area contributed by atoms with Gasteiger partial charge in [0.05, 0.1) is 51.9 Å². The van der Waals surface area contributed by atoms with Crippen molar-refractivity contribution < 1.29 is 66.7 Å². The van der Waals surface area contributed by atoms with Gasteiger partial charge in [-0.3, -0.25) is 33.7 Å². The molecule has 1 aliphatic heterocycles. The summed E-state index contributed by atoms with van der Waals surface area (Å²) in [7, 11) is 3.70. The van der Waals surface area contributed by atoms with Crippen LogP contribution >= 0.6 is 0 Å². The number of esters is 6. The molecule has 0 spiro atoms. The van der Waals surface area contributed by atoms with Gasteiger partial charge in [0, 0.05) is 50.5 Å². The number of hydrogen-bond acceptors (Lipinski definition) is 15. The number of nitrogens with zero attached hydrogens (tertiary/aromatic N) is 2. The highest BCUT2D eigenvalue weighted by atomic mass is 16.6. The van der Waals surface area contributed by atoms with Gasteiger partial charge < -0.3 is 38.1 Å². The Bertz CT molecular complexity index is 1400. The Balaban J connectivity index is 3.01. The topological polar surface area (TPSA) is 191 Å². The molecule has 0 N–H and O–H groups in total. The van der Waals surface area contributed by atoms with Crippen LogP contribution in [0.5, 0.6) is 0 Å². The molecule has 1 rings (SSSR count). The highest BCUT2D eigenvalue weighted by Crippen LogP contribution is 2.24. The number of carbonyl (C=O) groups is 7. The van der Waals surface area contributed by atoms with Crippen molar-refractivity contribution >= 4 is 41.9 Å². The molecule has 2 atom stereocenters. The molecule has 0 bridgehead atoms. The second-order valence-electron chi connectivity index (χ2n) is 20.2. The van der Waals surface area contributed by atoms with Crippen LogP contribution in [0, 0.1) is 11.8 Å². The van der Waals surface area contributed by atoms with Crippen LogP contribution in [0.2, 0.25) is 0 Å². The van der Waals surface area contributed by atoms with Crippen molar-refractivity contribution in [2.45, 2.75) is 239 Å². The first-order valence-corrected chi connectivity index (χ1v) is 28.4. The maximum atomic E-state index is 13.6. The van der Waals surface area contributed by atoms with Crippen molar-refractivity contribution in [1.29, 1.82) is 0 Å². The van der Waals surface area contributed by atoms with Crippen LogP contribution in [0.15, 0.2) is 0 Å². The lowest BCUT2D eigenvalue weighted by atomic mass is 10.1. The lowest BCUT2D eigenvalue weighted by Gasteiger charge is -2.24. The molecule has 0 saturated carbocycles. The van der Waals surface area contributed by atoms with Gasteiger partial charge in [-0.05, 0) is 39.8 Å². The molecule has 1 saturated heterocycles. The normalized spacial score (nSPS) is 14.4. The number of rotatable bonds is 46. The first-order valence-electron chi connectivity index (χ1n) is 28.4. The quantitative estimate of drug-likeness (QED) is 0.0318. The highest BCUT2D eigenvalue weighted by molar-refractivity contribution is 5.73. The van der Waals surface area contributed by atoms with Crippen molar-refractivity contribution in [3.8, 4) is 0 Å². The number of unbranched alkanes of at least 4 members (excludes halogenated alkanes) is 20. The summed E-state index contributed by atoms with van der Waals surface area (Å²) in [5, 5.41) is 0. The summed E-state index contributed by atoms with van der Waals surface area (Å²) >= 11 is 0. The van der Waals surface area contributed by atoms with E-state index in [4.69, 9.17) is 33.2 Å². The molecule has 1 heterocycles. The van der Waals surface area contributed by atoms with Crippen molar-refractivity contribution in [2.24, 2.45) is 11.8 Å². The largest absolute Gasteiger partial charge is 0.465 e. The standard InChI is InChI=1S/C56H100N2O14/c1-7-11-15-19-23-27-31-50(59)67-41-46(42-68-51(60)32-28-24-20-16-12-8-2)37-54(63)71-45-48-39-49(40-58(48)56(65)66-36-35-57(5)6)72-55(64)38-47(43-69-52(61)33-29-25-21-17-13-9-3)44-70-53(62)34-30-26-22-18-14-10-4/h46-49H,7-45H2,1-6H3/t48-,49+/m0/s1. The van der Waals surface area contributed by atoms with Gasteiger partial charge in [0.2, 0.25) is 0 Å². The second kappa shape index (κ2) is 44.5. The first-order chi connectivity index (χ1) is 34.8. The van der Waals surface area contributed by atoms with E-state index in [9.17, 15) is 33.6 Å². The zero-order valence-corrected chi connectivity index (χ0v) is 46.0. The predicted octanol–water partition coefficient (Wildman–Crippen LogP) is 11.4. The van der Waals surface area contributed by atoms with E-state index in [-0.39, 0.29) is 115 Å². The molecule has 0 aromatic heterocycles. The minimum Gasteiger partial charge on any atom is -0.465 e. The van der Waals surface area contributed by atoms with Crippen LogP contribution in [0.1, 0.15) is 227 Å². The van der Waals surface area contributed by atoms with Crippen LogP contribution in [0.25, 0.3) is 0 Å². The lowest BCUT2D eigenvalue weighted by Crippen LogP contribution is -2.40. The van der Waals surface area contributed by atoms with Crippen molar-refractivity contribution in [3.05, 3.63) is 0 Å². The predicted molar refractivity (Wildman–Crippen MR) is 278 cm³/mol. The maximum Gasteiger partial charge on any atom is 0.410 e. The van der Waals surface area contributed by atoms with E-state index in [1.54, 1.807) is 0 Å². The summed E-state index contributed by atoms with van der Waals surface area (Å²) in [6.45, 7) is 8.42. The molecule has 0 aliphatic carbocycles. The first kappa shape index (κ1) is 66.1. The van der Waals surface area contributed by atoms with Crippen LogP contribution < -0.4 is 0 Å². The average molecular weight is 1030 g/mol. The van der Waals surface area contributed by atoms with E-state index in [1.165, 1.54) is 4.90 Å². The van der Waals surface area contributed by atoms with Gasteiger partial charge in [0.15, 0.2) is 0 Å². The maximum absolute atomic E-state index is 13.6. The monoisotopic (exact) mass is 1020 g/mol. The summed E-state index contributed by atoms with van der Waals surface area (Å²) in [5.74, 6) is -4.07. The third-order valence-electron chi connectivity index (χ3n) is 12.9. The summed E-state index contributed by atoms with van der Waals surface area (Å²) in [5.41, 5.74) is 0. The third-order valence-corrected chi connectivity index (χ3v) is 12.9. The van der Waals surface area contributed by atoms with Crippen LogP contribution in [-0.2, 0) is 61.9 Å². The molecule has 0 unspecified atom stereocenters. The number of likely N-dealkylation sites (tertiary alicyclic amines) is 1. The lowest BCUT2D eigenvalue weighted by molar-refractivity contribution is -0.157. The molecule has 16 nitrogen and oxygen atoms in total. The molecule has 1 amide bonds. The minimum atomic E-state index is -0.779. The molecular formula is C56H100N2O14. The fraction of sp³-hybridized carbons (Fsp3) is 0.875. The molecular weight excluding hydrogens is 925 g/mol. The zero-order chi connectivity index (χ0) is 53.0. The number of amides is 1. The van der Waals surface area contributed by atoms with Gasteiger partial charge in [-0.15, -0.1) is 0 Å². The molecule has 0 aromatic carbocycles. The molecule has 1 fully saturated rings. The van der Waals surface area contributed by atoms with Crippen molar-refractivity contribution in [2.75, 3.05) is 66.8 Å². The molecule has 418 valence electrons. The highest BCUT2D eigenvalue weighted by Gasteiger charge is 2.39. The van der Waals surface area contributed by atoms with Crippen LogP contribution in [-0.4, -0.2) is 131 Å². The third kappa shape index (κ3) is 36.9. The van der Waals surface area contributed by atoms with Gasteiger partial charge in [-0.25, -0.2) is 4.79 Å². The van der Waals surface area contributed by atoms with Crippen LogP contribution in [0.3, 0.4) is 0 Å². The van der Waals surface area contributed by atoms with Crippen molar-refractivity contribution in [3.63, 3.8) is 0 Å². The Morgan fingerprint density at radius 1 is 0.444 bits per heavy atom. The van der Waals surface area contributed by atoms with E-state index in [0.717, 1.165) is 128 Å². The Kier molecular flexibility index (Phi) is 40.9. The van der Waals surface area contributed by atoms with E-state index in [1.807, 2.05) is 19.0 Å². The summed E-state index contributed by atoms with van der Waals surface area (Å²) in [6, 6.07) is -0.705. The summed E-state index contributed by atoms with van der Waals surface area (Å²) in [4.78, 5) is 94.4. The van der Waals surface area contributed by atoms with Gasteiger partial charge in [-0.1, -0.05) is 156 Å². The fourth-order valence-corrected chi connectivity index (χ4v) is 8.36. The van der Waals surface area contributed by atoms with E-state index < -0.39 is 42.0 Å². The van der Waals surface area contributed by atoms with Gasteiger partial charge in [0.25, 0.3) is 0 Å². The number of likely N-dealkylation sites (N-methyl/N-ethyl adjacent to an activating group) is 1. The zero-order valence-electron chi connectivity index (χ0n) is 46.0. The number of carbonyl (C=O) groups excluding carboxylic acids is 7. The summed E-state index contributed by atoms with van der Waals surface area (Å²) in [6.07, 6.45) is 23.8. The van der Waals surface area contributed by atoms with Gasteiger partial charge in [0.1, 0.15) is 19.3 Å². The molecule has 1 aliphatic rings. The Morgan fingerprint density at radius 3 is 1.15 bits per heavy atom. The molecule has 0 aromatic rings. The summed E-state index contributed by atoms with van der Waals surface area (Å²) < 4.78 is 39.5. The molecule has 16 heteroatoms. The fourth-order valence-electron chi connectivity index (χ4n) is 8.36. The van der Waals surface area contributed by atoms with E-state index in [0.29, 0.717) is 32.2 Å². The Labute approximate surface area is 434 Å². The Hall–Kier alpha value is -3.95. The molecule has 72 heavy (non-hydrogen) atoms. The van der Waals surface area contributed by atoms with E-state index >= 15 is 0 Å². The van der Waals surface area contributed by atoms with Crippen LogP contribution in [0.4, 0.5) is 4.79 Å². The van der Waals surface area contributed by atoms with E-state index in [2.05, 4.69) is 27.7 Å². The van der Waals surface area contributed by atoms with Gasteiger partial charge >= 0.3 is 41.9 Å². The minimum absolute atomic E-state index is 0.0222. The smallest absolute Gasteiger partial charge is 0.410 e. The SMILES string of the molecule is CCCCCCCCC(=O)OCC(COC(=O)CCCCCCCC)CC(=O)OC[C@@H]1C[C@@H](OC(=O)CC(COC(=O)CCCCCCCC)COC(=O)CCCCCCCC)CN1C(=O)OCCN(C)C. The Morgan fingerprint density at radius 2 is 0.792 bits per heavy atom.